The van der Waals surface area contributed by atoms with E-state index in [9.17, 15) is 39.6 Å². The molecule has 0 fully saturated rings. The van der Waals surface area contributed by atoms with Gasteiger partial charge in [0, 0.05) is 9.79 Å². The van der Waals surface area contributed by atoms with Gasteiger partial charge in [-0.1, -0.05) is 23.9 Å². The molecule has 0 aliphatic heterocycles. The van der Waals surface area contributed by atoms with E-state index in [1.807, 2.05) is 12.1 Å². The standard InChI is InChI=1S/C28H18O10S/c29-25(30)21-9-7-17(13-23(21)27(33)34)37-15-3-1-5-19(11-15)39-20-6-2-4-16(12-20)38-18-8-10-22(26(31)32)24(14-18)28(35)36/h1-14H,(H,29,30)(H,31,32)(H,33,34)(H,35,36). The number of benzene rings is 4. The molecule has 4 aromatic rings. The van der Waals surface area contributed by atoms with Crippen molar-refractivity contribution >= 4 is 35.6 Å². The first kappa shape index (κ1) is 26.8. The second kappa shape index (κ2) is 11.4. The van der Waals surface area contributed by atoms with E-state index in [1.165, 1.54) is 36.0 Å². The van der Waals surface area contributed by atoms with Crippen molar-refractivity contribution in [1.29, 1.82) is 0 Å². The zero-order chi connectivity index (χ0) is 28.1. The van der Waals surface area contributed by atoms with Crippen LogP contribution in [0.4, 0.5) is 0 Å². The Kier molecular flexibility index (Phi) is 7.82. The van der Waals surface area contributed by atoms with Gasteiger partial charge >= 0.3 is 23.9 Å². The average molecular weight is 547 g/mol. The van der Waals surface area contributed by atoms with Gasteiger partial charge in [0.2, 0.25) is 0 Å². The molecule has 4 rings (SSSR count). The molecule has 39 heavy (non-hydrogen) atoms. The van der Waals surface area contributed by atoms with Gasteiger partial charge in [-0.15, -0.1) is 0 Å². The molecule has 0 amide bonds. The van der Waals surface area contributed by atoms with Crippen molar-refractivity contribution in [3.63, 3.8) is 0 Å². The minimum absolute atomic E-state index is 0.157. The summed E-state index contributed by atoms with van der Waals surface area (Å²) in [4.78, 5) is 46.9. The number of carboxylic acid groups (broad SMARTS) is 4. The van der Waals surface area contributed by atoms with E-state index in [0.717, 1.165) is 21.9 Å². The van der Waals surface area contributed by atoms with E-state index < -0.39 is 35.0 Å². The average Bonchev–Trinajstić information content (AvgIpc) is 2.88. The summed E-state index contributed by atoms with van der Waals surface area (Å²) < 4.78 is 11.5. The van der Waals surface area contributed by atoms with Crippen LogP contribution < -0.4 is 9.47 Å². The quantitative estimate of drug-likeness (QED) is 0.178. The Morgan fingerprint density at radius 1 is 0.462 bits per heavy atom. The zero-order valence-electron chi connectivity index (χ0n) is 19.7. The van der Waals surface area contributed by atoms with E-state index in [2.05, 4.69) is 0 Å². The van der Waals surface area contributed by atoms with Gasteiger partial charge in [0.05, 0.1) is 22.3 Å². The molecule has 4 aromatic carbocycles. The highest BCUT2D eigenvalue weighted by Crippen LogP contribution is 2.35. The molecule has 196 valence electrons. The summed E-state index contributed by atoms with van der Waals surface area (Å²) in [7, 11) is 0. The van der Waals surface area contributed by atoms with Crippen molar-refractivity contribution in [2.75, 3.05) is 0 Å². The number of carboxylic acids is 4. The monoisotopic (exact) mass is 546 g/mol. The van der Waals surface area contributed by atoms with Crippen LogP contribution in [0.15, 0.2) is 94.7 Å². The van der Waals surface area contributed by atoms with Crippen LogP contribution in [0.3, 0.4) is 0 Å². The van der Waals surface area contributed by atoms with Gasteiger partial charge in [-0.3, -0.25) is 0 Å². The molecule has 4 N–H and O–H groups in total. The van der Waals surface area contributed by atoms with Gasteiger partial charge in [-0.25, -0.2) is 19.2 Å². The lowest BCUT2D eigenvalue weighted by Gasteiger charge is -2.11. The van der Waals surface area contributed by atoms with Crippen LogP contribution in [0.2, 0.25) is 0 Å². The van der Waals surface area contributed by atoms with Gasteiger partial charge in [-0.05, 0) is 72.8 Å². The molecule has 0 atom stereocenters. The predicted molar refractivity (Wildman–Crippen MR) is 138 cm³/mol. The van der Waals surface area contributed by atoms with Crippen molar-refractivity contribution in [2.24, 2.45) is 0 Å². The van der Waals surface area contributed by atoms with Crippen molar-refractivity contribution in [2.45, 2.75) is 9.79 Å². The number of carbonyl (C=O) groups is 4. The summed E-state index contributed by atoms with van der Waals surface area (Å²) in [5, 5.41) is 37.0. The minimum Gasteiger partial charge on any atom is -0.478 e. The van der Waals surface area contributed by atoms with Crippen LogP contribution in [0.1, 0.15) is 41.4 Å². The summed E-state index contributed by atoms with van der Waals surface area (Å²) in [5.74, 6) is -4.39. The molecule has 0 radical (unpaired) electrons. The number of aromatic carboxylic acids is 4. The summed E-state index contributed by atoms with van der Waals surface area (Å²) in [6.45, 7) is 0. The number of hydrogen-bond acceptors (Lipinski definition) is 7. The molecular formula is C28H18O10S. The molecule has 0 aliphatic rings. The van der Waals surface area contributed by atoms with Crippen molar-refractivity contribution < 1.29 is 49.1 Å². The molecule has 0 aliphatic carbocycles. The molecule has 0 heterocycles. The van der Waals surface area contributed by atoms with Crippen molar-refractivity contribution in [3.05, 3.63) is 107 Å². The summed E-state index contributed by atoms with van der Waals surface area (Å²) in [5.41, 5.74) is -1.48. The van der Waals surface area contributed by atoms with E-state index in [4.69, 9.17) is 9.47 Å². The van der Waals surface area contributed by atoms with Crippen LogP contribution in [0, 0.1) is 0 Å². The zero-order valence-corrected chi connectivity index (χ0v) is 20.5. The van der Waals surface area contributed by atoms with Crippen LogP contribution in [0.25, 0.3) is 0 Å². The highest BCUT2D eigenvalue weighted by Gasteiger charge is 2.18. The van der Waals surface area contributed by atoms with Gasteiger partial charge in [0.25, 0.3) is 0 Å². The van der Waals surface area contributed by atoms with E-state index in [0.29, 0.717) is 11.5 Å². The molecule has 11 heteroatoms. The van der Waals surface area contributed by atoms with E-state index in [1.54, 1.807) is 36.4 Å². The highest BCUT2D eigenvalue weighted by atomic mass is 32.2. The van der Waals surface area contributed by atoms with Gasteiger partial charge in [0.15, 0.2) is 0 Å². The lowest BCUT2D eigenvalue weighted by atomic mass is 10.1. The number of hydrogen-bond donors (Lipinski definition) is 4. The maximum absolute atomic E-state index is 11.4. The molecular weight excluding hydrogens is 528 g/mol. The Hall–Kier alpha value is -5.29. The van der Waals surface area contributed by atoms with Crippen LogP contribution in [-0.2, 0) is 0 Å². The molecule has 10 nitrogen and oxygen atoms in total. The van der Waals surface area contributed by atoms with Crippen LogP contribution in [-0.4, -0.2) is 44.3 Å². The van der Waals surface area contributed by atoms with Crippen LogP contribution >= 0.6 is 11.8 Å². The third-order valence-electron chi connectivity index (χ3n) is 5.22. The Labute approximate surface area is 224 Å². The first-order chi connectivity index (χ1) is 18.6. The Balaban J connectivity index is 1.51. The number of ether oxygens (including phenoxy) is 2. The molecule has 0 unspecified atom stereocenters. The topological polar surface area (TPSA) is 168 Å². The molecule has 0 saturated carbocycles. The third kappa shape index (κ3) is 6.53. The predicted octanol–water partition coefficient (Wildman–Crippen LogP) is 6.22. The normalized spacial score (nSPS) is 10.5. The minimum atomic E-state index is -1.39. The third-order valence-corrected chi connectivity index (χ3v) is 6.20. The van der Waals surface area contributed by atoms with Crippen molar-refractivity contribution in [1.82, 2.24) is 0 Å². The van der Waals surface area contributed by atoms with E-state index >= 15 is 0 Å². The largest absolute Gasteiger partial charge is 0.478 e. The lowest BCUT2D eigenvalue weighted by Crippen LogP contribution is -2.07. The SMILES string of the molecule is O=C(O)c1ccc(Oc2cccc(Sc3cccc(Oc4ccc(C(=O)O)c(C(=O)O)c4)c3)c2)cc1C(=O)O. The van der Waals surface area contributed by atoms with Crippen LogP contribution in [0.5, 0.6) is 23.0 Å². The molecule has 0 bridgehead atoms. The fraction of sp³-hybridized carbons (Fsp3) is 0. The first-order valence-corrected chi connectivity index (χ1v) is 11.9. The maximum Gasteiger partial charge on any atom is 0.336 e. The smallest absolute Gasteiger partial charge is 0.336 e. The van der Waals surface area contributed by atoms with Crippen molar-refractivity contribution in [3.8, 4) is 23.0 Å². The summed E-state index contributed by atoms with van der Waals surface area (Å²) >= 11 is 1.36. The Morgan fingerprint density at radius 3 is 1.18 bits per heavy atom. The number of rotatable bonds is 10. The molecule has 0 saturated heterocycles. The summed E-state index contributed by atoms with van der Waals surface area (Å²) in [6, 6.07) is 21.2. The molecule has 0 spiro atoms. The fourth-order valence-electron chi connectivity index (χ4n) is 3.51. The Morgan fingerprint density at radius 2 is 0.821 bits per heavy atom. The van der Waals surface area contributed by atoms with Gasteiger partial charge < -0.3 is 29.9 Å². The van der Waals surface area contributed by atoms with Gasteiger partial charge in [-0.2, -0.15) is 0 Å². The Bertz CT molecular complexity index is 1490. The van der Waals surface area contributed by atoms with Gasteiger partial charge in [0.1, 0.15) is 23.0 Å². The first-order valence-electron chi connectivity index (χ1n) is 11.1. The highest BCUT2D eigenvalue weighted by molar-refractivity contribution is 7.99. The second-order valence-corrected chi connectivity index (χ2v) is 9.04. The lowest BCUT2D eigenvalue weighted by molar-refractivity contribution is 0.0651. The maximum atomic E-state index is 11.4. The summed E-state index contributed by atoms with van der Waals surface area (Å²) in [6.07, 6.45) is 0. The molecule has 0 aromatic heterocycles. The van der Waals surface area contributed by atoms with E-state index in [-0.39, 0.29) is 22.6 Å². The second-order valence-electron chi connectivity index (χ2n) is 7.89. The fourth-order valence-corrected chi connectivity index (χ4v) is 4.43.